The van der Waals surface area contributed by atoms with E-state index in [1.807, 2.05) is 0 Å². The number of rotatable bonds is 4. The van der Waals surface area contributed by atoms with Gasteiger partial charge < -0.3 is 9.64 Å². The Hall–Kier alpha value is -1.78. The lowest BCUT2D eigenvalue weighted by molar-refractivity contribution is 0.0130. The van der Waals surface area contributed by atoms with E-state index in [2.05, 4.69) is 5.10 Å². The molecule has 28 heavy (non-hydrogen) atoms. The van der Waals surface area contributed by atoms with Gasteiger partial charge >= 0.3 is 6.09 Å². The molecule has 1 saturated heterocycles. The molecule has 1 aliphatic rings. The molecular weight excluding hydrogens is 399 g/mol. The summed E-state index contributed by atoms with van der Waals surface area (Å²) in [6.45, 7) is 6.40. The van der Waals surface area contributed by atoms with Gasteiger partial charge in [0.15, 0.2) is 5.03 Å². The summed E-state index contributed by atoms with van der Waals surface area (Å²) in [6.07, 6.45) is -3.29. The van der Waals surface area contributed by atoms with Crippen molar-refractivity contribution in [3.05, 3.63) is 11.8 Å². The maximum Gasteiger partial charge on any atom is 0.410 e. The average molecular weight is 425 g/mol. The Bertz CT molecular complexity index is 823. The molecule has 0 aromatic carbocycles. The lowest BCUT2D eigenvalue weighted by Crippen LogP contribution is -2.48. The number of hydrogen-bond donors (Lipinski definition) is 0. The Balaban J connectivity index is 2.16. The Kier molecular flexibility index (Phi) is 6.08. The minimum atomic E-state index is -4.58. The minimum absolute atomic E-state index is 0.102. The number of aryl methyl sites for hydroxylation is 1. The standard InChI is InChI=1S/C17H26F3N3O4S/c1-16(2,3)27-15(24)23-8-6-11(7-9-23)17(4,20)28(25,26)13-10-12(14(18)19)21-22(13)5/h10-11,14H,6-9H2,1-5H3. The van der Waals surface area contributed by atoms with Crippen LogP contribution in [0, 0.1) is 5.92 Å². The molecule has 0 N–H and O–H groups in total. The molecule has 11 heteroatoms. The number of alkyl halides is 3. The van der Waals surface area contributed by atoms with Crippen LogP contribution in [0.3, 0.4) is 0 Å². The number of aromatic nitrogens is 2. The highest BCUT2D eigenvalue weighted by molar-refractivity contribution is 7.92. The Morgan fingerprint density at radius 1 is 1.25 bits per heavy atom. The number of ether oxygens (including phenoxy) is 1. The van der Waals surface area contributed by atoms with E-state index in [0.717, 1.165) is 11.6 Å². The highest BCUT2D eigenvalue weighted by Crippen LogP contribution is 2.40. The van der Waals surface area contributed by atoms with Gasteiger partial charge in [0.1, 0.15) is 11.3 Å². The summed E-state index contributed by atoms with van der Waals surface area (Å²) in [6, 6.07) is 0.702. The fourth-order valence-electron chi connectivity index (χ4n) is 3.16. The van der Waals surface area contributed by atoms with Crippen molar-refractivity contribution in [2.24, 2.45) is 13.0 Å². The highest BCUT2D eigenvalue weighted by Gasteiger charge is 2.50. The molecular formula is C17H26F3N3O4S. The number of sulfone groups is 1. The predicted molar refractivity (Wildman–Crippen MR) is 95.4 cm³/mol. The zero-order valence-electron chi connectivity index (χ0n) is 16.6. The van der Waals surface area contributed by atoms with E-state index in [1.165, 1.54) is 11.9 Å². The molecule has 0 radical (unpaired) electrons. The van der Waals surface area contributed by atoms with Crippen LogP contribution >= 0.6 is 0 Å². The highest BCUT2D eigenvalue weighted by atomic mass is 32.2. The molecule has 2 heterocycles. The van der Waals surface area contributed by atoms with Gasteiger partial charge in [-0.05, 0) is 40.5 Å². The quantitative estimate of drug-likeness (QED) is 0.738. The summed E-state index contributed by atoms with van der Waals surface area (Å²) in [5.74, 6) is -0.902. The van der Waals surface area contributed by atoms with Crippen LogP contribution in [0.5, 0.6) is 0 Å². The monoisotopic (exact) mass is 425 g/mol. The van der Waals surface area contributed by atoms with Crippen molar-refractivity contribution in [3.8, 4) is 0 Å². The smallest absolute Gasteiger partial charge is 0.410 e. The topological polar surface area (TPSA) is 81.5 Å². The van der Waals surface area contributed by atoms with E-state index in [4.69, 9.17) is 4.74 Å². The Labute approximate surface area is 162 Å². The largest absolute Gasteiger partial charge is 0.444 e. The van der Waals surface area contributed by atoms with E-state index < -0.39 is 49.6 Å². The van der Waals surface area contributed by atoms with Crippen LogP contribution in [-0.4, -0.2) is 52.9 Å². The SMILES string of the molecule is Cn1nc(C(F)F)cc1S(=O)(=O)C(C)(F)C1CCN(C(=O)OC(C)(C)C)CC1. The molecule has 1 unspecified atom stereocenters. The summed E-state index contributed by atoms with van der Waals surface area (Å²) < 4.78 is 72.8. The van der Waals surface area contributed by atoms with Crippen LogP contribution in [0.2, 0.25) is 0 Å². The molecule has 160 valence electrons. The molecule has 7 nitrogen and oxygen atoms in total. The molecule has 1 aliphatic heterocycles. The second-order valence-electron chi connectivity index (χ2n) is 8.06. The van der Waals surface area contributed by atoms with Gasteiger partial charge in [-0.15, -0.1) is 0 Å². The van der Waals surface area contributed by atoms with Crippen LogP contribution in [0.15, 0.2) is 11.1 Å². The third-order valence-corrected chi connectivity index (χ3v) is 7.07. The van der Waals surface area contributed by atoms with Crippen LogP contribution in [0.4, 0.5) is 18.0 Å². The number of carbonyl (C=O) groups is 1. The lowest BCUT2D eigenvalue weighted by atomic mass is 9.92. The van der Waals surface area contributed by atoms with Crippen LogP contribution in [0.1, 0.15) is 52.7 Å². The van der Waals surface area contributed by atoms with Crippen LogP contribution in [0.25, 0.3) is 0 Å². The summed E-state index contributed by atoms with van der Waals surface area (Å²) >= 11 is 0. The number of amides is 1. The average Bonchev–Trinajstić information content (AvgIpc) is 2.96. The molecule has 0 spiro atoms. The number of hydrogen-bond acceptors (Lipinski definition) is 5. The zero-order chi connectivity index (χ0) is 21.5. The molecule has 2 rings (SSSR count). The molecule has 0 bridgehead atoms. The second-order valence-corrected chi connectivity index (χ2v) is 10.3. The van der Waals surface area contributed by atoms with Crippen molar-refractivity contribution in [2.75, 3.05) is 13.1 Å². The molecule has 0 saturated carbocycles. The number of piperidine rings is 1. The van der Waals surface area contributed by atoms with Crippen molar-refractivity contribution in [1.82, 2.24) is 14.7 Å². The van der Waals surface area contributed by atoms with Gasteiger partial charge in [0.2, 0.25) is 14.8 Å². The fraction of sp³-hybridized carbons (Fsp3) is 0.765. The molecule has 1 aromatic rings. The first kappa shape index (κ1) is 22.5. The van der Waals surface area contributed by atoms with Gasteiger partial charge in [-0.2, -0.15) is 5.10 Å². The van der Waals surface area contributed by atoms with Crippen molar-refractivity contribution in [3.63, 3.8) is 0 Å². The summed E-state index contributed by atoms with van der Waals surface area (Å²) in [5, 5.41) is 0.167. The third kappa shape index (κ3) is 4.44. The third-order valence-electron chi connectivity index (χ3n) is 4.76. The second kappa shape index (κ2) is 7.57. The minimum Gasteiger partial charge on any atom is -0.444 e. The summed E-state index contributed by atoms with van der Waals surface area (Å²) in [7, 11) is -3.40. The van der Waals surface area contributed by atoms with E-state index >= 15 is 4.39 Å². The predicted octanol–water partition coefficient (Wildman–Crippen LogP) is 3.46. The van der Waals surface area contributed by atoms with Gasteiger partial charge in [0, 0.05) is 32.1 Å². The maximum absolute atomic E-state index is 15.5. The van der Waals surface area contributed by atoms with E-state index in [-0.39, 0.29) is 25.9 Å². The van der Waals surface area contributed by atoms with Crippen molar-refractivity contribution in [1.29, 1.82) is 0 Å². The first-order chi connectivity index (χ1) is 12.7. The van der Waals surface area contributed by atoms with E-state index in [0.29, 0.717) is 6.07 Å². The van der Waals surface area contributed by atoms with Gasteiger partial charge in [-0.3, -0.25) is 4.68 Å². The van der Waals surface area contributed by atoms with Crippen molar-refractivity contribution >= 4 is 15.9 Å². The van der Waals surface area contributed by atoms with Gasteiger partial charge in [-0.25, -0.2) is 26.4 Å². The van der Waals surface area contributed by atoms with Gasteiger partial charge in [-0.1, -0.05) is 0 Å². The van der Waals surface area contributed by atoms with E-state index in [1.54, 1.807) is 20.8 Å². The first-order valence-electron chi connectivity index (χ1n) is 8.90. The number of carbonyl (C=O) groups excluding carboxylic acids is 1. The Morgan fingerprint density at radius 3 is 2.21 bits per heavy atom. The Morgan fingerprint density at radius 2 is 1.79 bits per heavy atom. The number of likely N-dealkylation sites (tertiary alicyclic amines) is 1. The maximum atomic E-state index is 15.5. The summed E-state index contributed by atoms with van der Waals surface area (Å²) in [4.78, 5) is 13.5. The molecule has 1 amide bonds. The van der Waals surface area contributed by atoms with Gasteiger partial charge in [0.25, 0.3) is 6.43 Å². The van der Waals surface area contributed by atoms with Crippen molar-refractivity contribution in [2.45, 2.75) is 62.6 Å². The summed E-state index contributed by atoms with van der Waals surface area (Å²) in [5.41, 5.74) is -1.40. The van der Waals surface area contributed by atoms with Crippen LogP contribution < -0.4 is 0 Å². The van der Waals surface area contributed by atoms with Gasteiger partial charge in [0.05, 0.1) is 0 Å². The lowest BCUT2D eigenvalue weighted by Gasteiger charge is -2.37. The normalized spacial score (nSPS) is 19.0. The molecule has 1 fully saturated rings. The van der Waals surface area contributed by atoms with E-state index in [9.17, 15) is 22.0 Å². The molecule has 1 atom stereocenters. The number of halogens is 3. The zero-order valence-corrected chi connectivity index (χ0v) is 17.4. The van der Waals surface area contributed by atoms with Crippen molar-refractivity contribution < 1.29 is 31.1 Å². The first-order valence-corrected chi connectivity index (χ1v) is 10.4. The molecule has 0 aliphatic carbocycles. The fourth-order valence-corrected chi connectivity index (χ4v) is 4.91. The van der Waals surface area contributed by atoms with Crippen LogP contribution in [-0.2, 0) is 21.6 Å². The number of nitrogens with zero attached hydrogens (tertiary/aromatic N) is 3. The molecule has 1 aromatic heterocycles.